The molecule has 0 heterocycles. The van der Waals surface area contributed by atoms with E-state index in [1.807, 2.05) is 37.3 Å². The van der Waals surface area contributed by atoms with Gasteiger partial charge in [0.2, 0.25) is 0 Å². The maximum absolute atomic E-state index is 9.37. The standard InChI is InChI=1S/C14H14BClO3/c1-10-7-12(16)8-13(15(17)18)14(10)19-9-11-5-3-2-4-6-11/h2-8,17-18H,9H2,1H3. The van der Waals surface area contributed by atoms with Crippen LogP contribution in [0.5, 0.6) is 5.75 Å². The van der Waals surface area contributed by atoms with E-state index in [-0.39, 0.29) is 5.46 Å². The Balaban J connectivity index is 2.24. The Hall–Kier alpha value is -1.49. The molecule has 0 aromatic heterocycles. The van der Waals surface area contributed by atoms with Crippen molar-refractivity contribution in [2.75, 3.05) is 0 Å². The number of hydrogen-bond acceptors (Lipinski definition) is 3. The van der Waals surface area contributed by atoms with E-state index < -0.39 is 7.12 Å². The zero-order chi connectivity index (χ0) is 13.8. The molecule has 2 aromatic carbocycles. The van der Waals surface area contributed by atoms with Crippen LogP contribution in [-0.2, 0) is 6.61 Å². The van der Waals surface area contributed by atoms with Gasteiger partial charge in [0, 0.05) is 10.5 Å². The SMILES string of the molecule is Cc1cc(Cl)cc(B(O)O)c1OCc1ccccc1. The minimum absolute atomic E-state index is 0.279. The number of benzene rings is 2. The van der Waals surface area contributed by atoms with Crippen LogP contribution in [-0.4, -0.2) is 17.2 Å². The molecule has 5 heteroatoms. The predicted octanol–water partition coefficient (Wildman–Crippen LogP) is 1.91. The molecule has 0 aliphatic heterocycles. The van der Waals surface area contributed by atoms with Crippen LogP contribution in [0.1, 0.15) is 11.1 Å². The first-order valence-corrected chi connectivity index (χ1v) is 6.28. The summed E-state index contributed by atoms with van der Waals surface area (Å²) >= 11 is 5.91. The first-order valence-electron chi connectivity index (χ1n) is 5.91. The van der Waals surface area contributed by atoms with E-state index in [2.05, 4.69) is 0 Å². The summed E-state index contributed by atoms with van der Waals surface area (Å²) in [5, 5.41) is 19.2. The molecule has 19 heavy (non-hydrogen) atoms. The van der Waals surface area contributed by atoms with E-state index in [4.69, 9.17) is 16.3 Å². The lowest BCUT2D eigenvalue weighted by atomic mass is 9.78. The van der Waals surface area contributed by atoms with Gasteiger partial charge < -0.3 is 14.8 Å². The molecule has 0 amide bonds. The summed E-state index contributed by atoms with van der Waals surface area (Å²) in [6.07, 6.45) is 0. The summed E-state index contributed by atoms with van der Waals surface area (Å²) in [5.41, 5.74) is 2.06. The zero-order valence-electron chi connectivity index (χ0n) is 10.5. The Morgan fingerprint density at radius 3 is 2.47 bits per heavy atom. The van der Waals surface area contributed by atoms with Crippen molar-refractivity contribution in [1.82, 2.24) is 0 Å². The number of aryl methyl sites for hydroxylation is 1. The van der Waals surface area contributed by atoms with Gasteiger partial charge in [0.05, 0.1) is 0 Å². The van der Waals surface area contributed by atoms with Gasteiger partial charge >= 0.3 is 7.12 Å². The molecule has 0 saturated heterocycles. The molecule has 0 radical (unpaired) electrons. The van der Waals surface area contributed by atoms with Crippen LogP contribution in [0.2, 0.25) is 5.02 Å². The van der Waals surface area contributed by atoms with E-state index in [0.29, 0.717) is 17.4 Å². The highest BCUT2D eigenvalue weighted by Crippen LogP contribution is 2.21. The van der Waals surface area contributed by atoms with Gasteiger partial charge in [0.1, 0.15) is 12.4 Å². The van der Waals surface area contributed by atoms with Crippen molar-refractivity contribution in [3.8, 4) is 5.75 Å². The maximum atomic E-state index is 9.37. The number of hydrogen-bond donors (Lipinski definition) is 2. The second kappa shape index (κ2) is 6.11. The van der Waals surface area contributed by atoms with Crippen LogP contribution in [0.15, 0.2) is 42.5 Å². The van der Waals surface area contributed by atoms with Crippen molar-refractivity contribution >= 4 is 24.2 Å². The monoisotopic (exact) mass is 276 g/mol. The van der Waals surface area contributed by atoms with E-state index in [1.54, 1.807) is 6.07 Å². The molecule has 0 saturated carbocycles. The molecule has 0 aliphatic rings. The topological polar surface area (TPSA) is 49.7 Å². The molecule has 0 aliphatic carbocycles. The van der Waals surface area contributed by atoms with Crippen molar-refractivity contribution in [3.05, 3.63) is 58.6 Å². The average molecular weight is 277 g/mol. The predicted molar refractivity (Wildman–Crippen MR) is 76.8 cm³/mol. The molecule has 0 atom stereocenters. The minimum Gasteiger partial charge on any atom is -0.489 e. The molecule has 98 valence electrons. The fraction of sp³-hybridized carbons (Fsp3) is 0.143. The first-order chi connectivity index (χ1) is 9.08. The molecule has 0 bridgehead atoms. The van der Waals surface area contributed by atoms with Gasteiger partial charge in [-0.05, 0) is 30.2 Å². The highest BCUT2D eigenvalue weighted by Gasteiger charge is 2.20. The van der Waals surface area contributed by atoms with Crippen molar-refractivity contribution in [2.45, 2.75) is 13.5 Å². The Labute approximate surface area is 117 Å². The van der Waals surface area contributed by atoms with Gasteiger partial charge in [-0.1, -0.05) is 41.9 Å². The molecular weight excluding hydrogens is 262 g/mol. The lowest BCUT2D eigenvalue weighted by Gasteiger charge is -2.14. The Morgan fingerprint density at radius 1 is 1.16 bits per heavy atom. The second-order valence-corrected chi connectivity index (χ2v) is 4.73. The van der Waals surface area contributed by atoms with Crippen LogP contribution < -0.4 is 10.2 Å². The zero-order valence-corrected chi connectivity index (χ0v) is 11.3. The fourth-order valence-corrected chi connectivity index (χ4v) is 2.16. The van der Waals surface area contributed by atoms with Gasteiger partial charge in [-0.25, -0.2) is 0 Å². The molecule has 2 N–H and O–H groups in total. The van der Waals surface area contributed by atoms with Crippen LogP contribution >= 0.6 is 11.6 Å². The lowest BCUT2D eigenvalue weighted by molar-refractivity contribution is 0.304. The first kappa shape index (κ1) is 13.9. The number of rotatable bonds is 4. The summed E-state index contributed by atoms with van der Waals surface area (Å²) < 4.78 is 5.69. The normalized spacial score (nSPS) is 10.3. The third-order valence-electron chi connectivity index (χ3n) is 2.77. The molecule has 3 nitrogen and oxygen atoms in total. The quantitative estimate of drug-likeness (QED) is 0.839. The summed E-state index contributed by atoms with van der Waals surface area (Å²) in [4.78, 5) is 0. The van der Waals surface area contributed by atoms with E-state index in [0.717, 1.165) is 11.1 Å². The third kappa shape index (κ3) is 3.50. The largest absolute Gasteiger partial charge is 0.492 e. The highest BCUT2D eigenvalue weighted by atomic mass is 35.5. The summed E-state index contributed by atoms with van der Waals surface area (Å²) in [7, 11) is -1.61. The smallest absolute Gasteiger partial charge is 0.489 e. The van der Waals surface area contributed by atoms with Crippen LogP contribution in [0, 0.1) is 6.92 Å². The van der Waals surface area contributed by atoms with E-state index in [9.17, 15) is 10.0 Å². The molecular formula is C14H14BClO3. The van der Waals surface area contributed by atoms with Crippen LogP contribution in [0.25, 0.3) is 0 Å². The minimum atomic E-state index is -1.61. The van der Waals surface area contributed by atoms with Crippen LogP contribution in [0.4, 0.5) is 0 Å². The van der Waals surface area contributed by atoms with Gasteiger partial charge in [-0.15, -0.1) is 0 Å². The summed E-state index contributed by atoms with van der Waals surface area (Å²) in [5.74, 6) is 0.461. The summed E-state index contributed by atoms with van der Waals surface area (Å²) in [6, 6.07) is 12.9. The average Bonchev–Trinajstić information content (AvgIpc) is 2.38. The van der Waals surface area contributed by atoms with Crippen molar-refractivity contribution in [1.29, 1.82) is 0 Å². The van der Waals surface area contributed by atoms with Gasteiger partial charge in [-0.2, -0.15) is 0 Å². The van der Waals surface area contributed by atoms with Gasteiger partial charge in [0.15, 0.2) is 0 Å². The Bertz CT molecular complexity index is 558. The van der Waals surface area contributed by atoms with Crippen molar-refractivity contribution in [3.63, 3.8) is 0 Å². The maximum Gasteiger partial charge on any atom is 0.492 e. The van der Waals surface area contributed by atoms with E-state index >= 15 is 0 Å². The van der Waals surface area contributed by atoms with Crippen molar-refractivity contribution < 1.29 is 14.8 Å². The van der Waals surface area contributed by atoms with Gasteiger partial charge in [-0.3, -0.25) is 0 Å². The molecule has 2 rings (SSSR count). The molecule has 0 fully saturated rings. The van der Waals surface area contributed by atoms with Crippen LogP contribution in [0.3, 0.4) is 0 Å². The molecule has 0 spiro atoms. The number of ether oxygens (including phenoxy) is 1. The van der Waals surface area contributed by atoms with Crippen molar-refractivity contribution in [2.24, 2.45) is 0 Å². The lowest BCUT2D eigenvalue weighted by Crippen LogP contribution is -2.32. The number of halogens is 1. The Kier molecular flexibility index (Phi) is 4.48. The summed E-state index contributed by atoms with van der Waals surface area (Å²) in [6.45, 7) is 2.18. The highest BCUT2D eigenvalue weighted by molar-refractivity contribution is 6.60. The fourth-order valence-electron chi connectivity index (χ4n) is 1.87. The van der Waals surface area contributed by atoms with Gasteiger partial charge in [0.25, 0.3) is 0 Å². The molecule has 0 unspecified atom stereocenters. The third-order valence-corrected chi connectivity index (χ3v) is 2.99. The Morgan fingerprint density at radius 2 is 1.84 bits per heavy atom. The van der Waals surface area contributed by atoms with E-state index in [1.165, 1.54) is 6.07 Å². The second-order valence-electron chi connectivity index (χ2n) is 4.29. The molecule has 2 aromatic rings.